The number of halogens is 1. The van der Waals surface area contributed by atoms with E-state index in [1.165, 1.54) is 94.1 Å². The molecule has 13 rings (SSSR count). The summed E-state index contributed by atoms with van der Waals surface area (Å²) in [5.41, 5.74) is 2.16. The van der Waals surface area contributed by atoms with E-state index < -0.39 is 131 Å². The number of fused-ring (bicyclic) bond motifs is 4. The number of benzene rings is 10. The summed E-state index contributed by atoms with van der Waals surface area (Å²) >= 11 is 6.03. The maximum Gasteiger partial charge on any atom is 0.204 e. The van der Waals surface area contributed by atoms with Crippen molar-refractivity contribution in [2.45, 2.75) is 148 Å². The molecule has 3 heterocycles. The Bertz CT molecular complexity index is 6780. The minimum Gasteiger partial charge on any atom is -0.507 e. The summed E-state index contributed by atoms with van der Waals surface area (Å²) in [6, 6.07) is 18.6. The smallest absolute Gasteiger partial charge is 0.204 e. The fraction of sp³-hybridized carbons (Fsp3) is 0.243. The maximum absolute atomic E-state index is 13.3. The Balaban J connectivity index is 0.000000206. The highest BCUT2D eigenvalue weighted by Crippen LogP contribution is 2.48. The lowest BCUT2D eigenvalue weighted by atomic mass is 9.85. The highest BCUT2D eigenvalue weighted by molar-refractivity contribution is 6.34. The molecule has 0 atom stereocenters. The van der Waals surface area contributed by atoms with Crippen molar-refractivity contribution in [2.75, 3.05) is 21.3 Å². The molecule has 14 N–H and O–H groups in total. The normalized spacial score (nSPS) is 12.2. The Hall–Kier alpha value is -15.9. The van der Waals surface area contributed by atoms with Crippen LogP contribution in [-0.4, -0.2) is 158 Å². The summed E-state index contributed by atoms with van der Waals surface area (Å²) < 4.78 is 33.2. The van der Waals surface area contributed by atoms with Crippen LogP contribution in [0.4, 0.5) is 0 Å². The lowest BCUT2D eigenvalue weighted by Gasteiger charge is -2.32. The number of aryl methyl sites for hydroxylation is 5. The summed E-state index contributed by atoms with van der Waals surface area (Å²) in [5, 5.41) is 143. The van der Waals surface area contributed by atoms with Crippen LogP contribution < -0.4 is 29.1 Å². The third-order valence-corrected chi connectivity index (χ3v) is 21.7. The van der Waals surface area contributed by atoms with Crippen LogP contribution in [0.15, 0.2) is 135 Å². The van der Waals surface area contributed by atoms with Crippen LogP contribution in [0.2, 0.25) is 5.02 Å². The standard InChI is InChI=1S/C21H21ClO6.C21H22O6.C20H18O7.C20H18O6.C20H20O5.CH4/c1-10(2)5-6-12-16(28-4)8-14(24)13(9-23)17(12)20(26)18-15(25)7-11(3)19(22)21(18)27;1-11(2)5-6-13-18(27-4)9-15(23)14(10-22)19(13)21(26)20-16(24)7-12(3)8-17(20)25;1-9-4-12(23)17(13(24)5-9)19(26)16-10(8-21)11(22)6-15-18(16)14(25)7-20(2,3)27-15;1-10-6-14(23)18(15(24)7-10)19(25)17-11-4-5-20(2,3)26-16(11)8-13(22)12(17)9-21;1-10(2)5-6-12-15(24-4)9-14(22)20-17(12)19(23)18-13(21)7-11(3)8-16(18)25-20;/h5,7-9,24-25,27H,6H2,1-4H3;5,7-10,23-25H,6H2,1-4H3;4-6,8,22-24H,7H2,1-3H3;4-9,22-24H,1-3H3;5,7-9,21-22H,6H2,1-4H3;1H4. The van der Waals surface area contributed by atoms with Gasteiger partial charge in [0.25, 0.3) is 0 Å². The lowest BCUT2D eigenvalue weighted by molar-refractivity contribution is 0.0611. The highest BCUT2D eigenvalue weighted by Gasteiger charge is 2.41. The number of carbonyl (C=O) groups excluding carboxylic acids is 9. The first-order valence-corrected chi connectivity index (χ1v) is 41.2. The fourth-order valence-corrected chi connectivity index (χ4v) is 15.2. The van der Waals surface area contributed by atoms with Gasteiger partial charge in [-0.05, 0) is 212 Å². The molecule has 0 spiro atoms. The number of phenolic OH excluding ortho intramolecular Hbond substituents is 14. The van der Waals surface area contributed by atoms with Gasteiger partial charge in [-0.25, -0.2) is 0 Å². The zero-order valence-corrected chi connectivity index (χ0v) is 76.5. The number of ether oxygens (including phenoxy) is 5. The minimum absolute atomic E-state index is 0. The number of rotatable bonds is 21. The number of carbonyl (C=O) groups is 9. The predicted molar refractivity (Wildman–Crippen MR) is 502 cm³/mol. The van der Waals surface area contributed by atoms with Gasteiger partial charge in [-0.1, -0.05) is 60.1 Å². The monoisotopic (exact) mass is 1850 g/mol. The molecule has 30 nitrogen and oxygen atoms in total. The van der Waals surface area contributed by atoms with Crippen molar-refractivity contribution in [2.24, 2.45) is 0 Å². The van der Waals surface area contributed by atoms with Gasteiger partial charge in [-0.15, -0.1) is 0 Å². The number of allylic oxidation sites excluding steroid dienone is 6. The third kappa shape index (κ3) is 21.7. The quantitative estimate of drug-likeness (QED) is 0.0137. The van der Waals surface area contributed by atoms with Crippen molar-refractivity contribution in [3.8, 4) is 109 Å². The number of aromatic hydroxyl groups is 14. The first kappa shape index (κ1) is 104. The van der Waals surface area contributed by atoms with Gasteiger partial charge in [-0.3, -0.25) is 47.9 Å². The van der Waals surface area contributed by atoms with Gasteiger partial charge in [0.1, 0.15) is 148 Å². The van der Waals surface area contributed by atoms with Gasteiger partial charge in [0.05, 0.1) is 71.5 Å². The van der Waals surface area contributed by atoms with Crippen molar-refractivity contribution >= 4 is 93.7 Å². The molecular formula is C103H103ClO30. The Kier molecular flexibility index (Phi) is 32.4. The Morgan fingerprint density at radius 1 is 0.403 bits per heavy atom. The molecule has 31 heteroatoms. The number of Topliss-reactive ketones (excluding diaryl/α,β-unsaturated/α-hetero) is 1. The lowest BCUT2D eigenvalue weighted by Crippen LogP contribution is -2.37. The number of aldehydes is 4. The molecule has 10 aromatic carbocycles. The second kappa shape index (κ2) is 41.9. The summed E-state index contributed by atoms with van der Waals surface area (Å²) in [7, 11) is 4.24. The molecule has 0 saturated heterocycles. The van der Waals surface area contributed by atoms with Crippen LogP contribution in [0.5, 0.6) is 109 Å². The van der Waals surface area contributed by atoms with Crippen LogP contribution in [-0.2, 0) is 19.3 Å². The van der Waals surface area contributed by atoms with Gasteiger partial charge in [0.2, 0.25) is 28.6 Å². The molecule has 1 aromatic heterocycles. The largest absolute Gasteiger partial charge is 0.507 e. The summed E-state index contributed by atoms with van der Waals surface area (Å²) in [4.78, 5) is 125. The van der Waals surface area contributed by atoms with E-state index in [2.05, 4.69) is 0 Å². The predicted octanol–water partition coefficient (Wildman–Crippen LogP) is 19.1. The third-order valence-electron chi connectivity index (χ3n) is 21.2. The van der Waals surface area contributed by atoms with E-state index in [-0.39, 0.29) is 150 Å². The number of methoxy groups -OCH3 is 3. The molecule has 0 radical (unpaired) electrons. The Morgan fingerprint density at radius 2 is 0.746 bits per heavy atom. The van der Waals surface area contributed by atoms with E-state index in [9.17, 15) is 119 Å². The molecule has 0 bridgehead atoms. The van der Waals surface area contributed by atoms with Crippen molar-refractivity contribution in [1.82, 2.24) is 0 Å². The molecule has 11 aromatic rings. The zero-order valence-electron chi connectivity index (χ0n) is 75.8. The van der Waals surface area contributed by atoms with E-state index in [1.807, 2.05) is 59.8 Å². The van der Waals surface area contributed by atoms with E-state index in [1.54, 1.807) is 80.5 Å². The minimum atomic E-state index is -0.962. The van der Waals surface area contributed by atoms with Crippen LogP contribution in [0.3, 0.4) is 0 Å². The Morgan fingerprint density at radius 3 is 1.16 bits per heavy atom. The molecule has 0 aliphatic carbocycles. The first-order chi connectivity index (χ1) is 62.4. The number of phenols is 14. The van der Waals surface area contributed by atoms with Gasteiger partial charge >= 0.3 is 0 Å². The topological polar surface area (TPSA) is 513 Å². The molecular weight excluding hydrogens is 1750 g/mol. The molecule has 0 fully saturated rings. The van der Waals surface area contributed by atoms with Gasteiger partial charge in [0, 0.05) is 69.3 Å². The molecule has 0 saturated carbocycles. The van der Waals surface area contributed by atoms with Crippen molar-refractivity contribution in [3.05, 3.63) is 264 Å². The summed E-state index contributed by atoms with van der Waals surface area (Å²) in [6.07, 6.45) is 11.2. The first-order valence-electron chi connectivity index (χ1n) is 40.8. The van der Waals surface area contributed by atoms with Crippen molar-refractivity contribution < 1.29 is 143 Å². The molecule has 0 unspecified atom stereocenters. The van der Waals surface area contributed by atoms with E-state index in [0.717, 1.165) is 28.3 Å². The van der Waals surface area contributed by atoms with E-state index >= 15 is 0 Å². The Labute approximate surface area is 774 Å². The van der Waals surface area contributed by atoms with E-state index in [4.69, 9.17) is 39.7 Å². The highest BCUT2D eigenvalue weighted by atomic mass is 35.5. The molecule has 134 heavy (non-hydrogen) atoms. The van der Waals surface area contributed by atoms with Crippen LogP contribution in [0.25, 0.3) is 28.0 Å². The van der Waals surface area contributed by atoms with Gasteiger partial charge in [-0.2, -0.15) is 0 Å². The number of hydrogen-bond donors (Lipinski definition) is 14. The molecule has 2 aliphatic rings. The maximum atomic E-state index is 13.3. The molecule has 702 valence electrons. The molecule has 0 amide bonds. The zero-order chi connectivity index (χ0) is 99.1. The van der Waals surface area contributed by atoms with Crippen LogP contribution in [0, 0.1) is 34.6 Å². The van der Waals surface area contributed by atoms with Crippen LogP contribution >= 0.6 is 11.6 Å². The van der Waals surface area contributed by atoms with Gasteiger partial charge in [0.15, 0.2) is 42.3 Å². The second-order valence-electron chi connectivity index (χ2n) is 33.3. The van der Waals surface area contributed by atoms with Gasteiger partial charge < -0.3 is 99.6 Å². The van der Waals surface area contributed by atoms with Crippen LogP contribution in [0.1, 0.15) is 249 Å². The number of ketones is 5. The summed E-state index contributed by atoms with van der Waals surface area (Å²) in [6.45, 7) is 26.6. The second-order valence-corrected chi connectivity index (χ2v) is 33.7. The average molecular weight is 1860 g/mol. The van der Waals surface area contributed by atoms with Crippen molar-refractivity contribution in [3.63, 3.8) is 0 Å². The fourth-order valence-electron chi connectivity index (χ4n) is 15.0. The average Bonchev–Trinajstić information content (AvgIpc) is 0.772. The van der Waals surface area contributed by atoms with E-state index in [0.29, 0.717) is 75.5 Å². The number of hydrogen-bond acceptors (Lipinski definition) is 30. The SMILES string of the molecule is C.COc1cc(O)c(C=O)c(C(=O)c2c(O)cc(C)c(Cl)c2O)c1CC=C(C)C.COc1cc(O)c(C=O)c(C(=O)c2c(O)cc(C)cc2O)c1CC=C(C)C.COc1cc(O)c2oc3cc(C)cc(O)c3c(=O)c2c1CC=C(C)C.Cc1cc(O)c(C(=O)c2c(C=O)c(O)cc3c2C(=O)CC(C)(C)O3)c(O)c1.Cc1cc(O)c(C(=O)c2c(C=O)c(O)cc3c2C=CC(C)(C)O3)c(O)c1. The summed E-state index contributed by atoms with van der Waals surface area (Å²) in [5.74, 6) is -8.70. The van der Waals surface area contributed by atoms with Crippen molar-refractivity contribution in [1.29, 1.82) is 0 Å². The molecule has 2 aliphatic heterocycles.